The summed E-state index contributed by atoms with van der Waals surface area (Å²) in [7, 11) is 1.43. The fourth-order valence-corrected chi connectivity index (χ4v) is 3.33. The van der Waals surface area contributed by atoms with Crippen LogP contribution in [-0.4, -0.2) is 29.4 Å². The number of methoxy groups -OCH3 is 1. The normalized spacial score (nSPS) is 12.8. The van der Waals surface area contributed by atoms with Gasteiger partial charge in [-0.2, -0.15) is 0 Å². The van der Waals surface area contributed by atoms with E-state index in [0.717, 1.165) is 16.8 Å². The number of rotatable bonds is 7. The van der Waals surface area contributed by atoms with Crippen LogP contribution in [0.5, 0.6) is 11.5 Å². The largest absolute Gasteiger partial charge is 0.504 e. The molecular formula is C24H24N2O6. The van der Waals surface area contributed by atoms with Crippen LogP contribution in [0, 0.1) is 5.92 Å². The molecule has 0 bridgehead atoms. The maximum Gasteiger partial charge on any atom is 0.412 e. The molecule has 3 aromatic carbocycles. The van der Waals surface area contributed by atoms with E-state index < -0.39 is 24.0 Å². The summed E-state index contributed by atoms with van der Waals surface area (Å²) in [5, 5.41) is 23.5. The van der Waals surface area contributed by atoms with Crippen LogP contribution in [0.2, 0.25) is 0 Å². The molecule has 32 heavy (non-hydrogen) atoms. The Hall–Kier alpha value is -4.04. The first-order valence-electron chi connectivity index (χ1n) is 9.87. The van der Waals surface area contributed by atoms with Crippen molar-refractivity contribution in [1.29, 1.82) is 0 Å². The van der Waals surface area contributed by atoms with Crippen molar-refractivity contribution in [2.45, 2.75) is 13.0 Å². The molecule has 3 rings (SSSR count). The zero-order chi connectivity index (χ0) is 23.1. The van der Waals surface area contributed by atoms with E-state index in [1.54, 1.807) is 25.1 Å². The van der Waals surface area contributed by atoms with Crippen molar-refractivity contribution in [3.63, 3.8) is 0 Å². The van der Waals surface area contributed by atoms with Gasteiger partial charge in [0.25, 0.3) is 5.91 Å². The first-order valence-corrected chi connectivity index (χ1v) is 9.87. The summed E-state index contributed by atoms with van der Waals surface area (Å²) in [6, 6.07) is 17.8. The summed E-state index contributed by atoms with van der Waals surface area (Å²) >= 11 is 0. The third kappa shape index (κ3) is 5.35. The summed E-state index contributed by atoms with van der Waals surface area (Å²) in [5.41, 5.74) is 2.60. The second-order valence-corrected chi connectivity index (χ2v) is 7.10. The van der Waals surface area contributed by atoms with Crippen LogP contribution in [0.25, 0.3) is 10.8 Å². The number of hydrogen-bond donors (Lipinski definition) is 4. The Balaban J connectivity index is 1.87. The highest BCUT2D eigenvalue weighted by molar-refractivity contribution is 6.00. The lowest BCUT2D eigenvalue weighted by Crippen LogP contribution is -2.22. The lowest BCUT2D eigenvalue weighted by molar-refractivity contribution is -0.124. The number of amides is 2. The van der Waals surface area contributed by atoms with Gasteiger partial charge in [-0.3, -0.25) is 15.3 Å². The molecule has 2 amide bonds. The molecule has 8 heteroatoms. The van der Waals surface area contributed by atoms with Crippen molar-refractivity contribution in [3.8, 4) is 11.5 Å². The number of nitrogens with one attached hydrogen (secondary N) is 2. The van der Waals surface area contributed by atoms with E-state index in [1.165, 1.54) is 24.7 Å². The number of phenolic OH excluding ortho intramolecular Hbond substituents is 1. The zero-order valence-corrected chi connectivity index (χ0v) is 17.6. The van der Waals surface area contributed by atoms with E-state index in [4.69, 9.17) is 14.7 Å². The maximum absolute atomic E-state index is 12.8. The van der Waals surface area contributed by atoms with Gasteiger partial charge >= 0.3 is 6.09 Å². The van der Waals surface area contributed by atoms with Crippen LogP contribution in [0.15, 0.2) is 72.8 Å². The monoisotopic (exact) mass is 436 g/mol. The molecule has 0 spiro atoms. The minimum atomic E-state index is -0.843. The average Bonchev–Trinajstić information content (AvgIpc) is 2.81. The molecule has 8 nitrogen and oxygen atoms in total. The van der Waals surface area contributed by atoms with Gasteiger partial charge < -0.3 is 14.6 Å². The number of fused-ring (bicyclic) bond motifs is 1. The first kappa shape index (κ1) is 22.6. The Morgan fingerprint density at radius 1 is 1.06 bits per heavy atom. The third-order valence-electron chi connectivity index (χ3n) is 4.93. The van der Waals surface area contributed by atoms with Crippen LogP contribution >= 0.6 is 0 Å². The van der Waals surface area contributed by atoms with Gasteiger partial charge in [-0.1, -0.05) is 55.5 Å². The van der Waals surface area contributed by atoms with E-state index in [9.17, 15) is 14.7 Å². The lowest BCUT2D eigenvalue weighted by atomic mass is 9.96. The van der Waals surface area contributed by atoms with E-state index >= 15 is 0 Å². The molecule has 166 valence electrons. The minimum absolute atomic E-state index is 0.114. The first-order chi connectivity index (χ1) is 15.4. The Kier molecular flexibility index (Phi) is 7.30. The number of hydroxylamine groups is 1. The SMILES string of the molecule is COc1ccc([C@@H](OC(=O)Nc2cccc3ccccc23)[C@H](C)/C=C/C(=O)NO)cc1O. The van der Waals surface area contributed by atoms with Crippen molar-refractivity contribution >= 4 is 28.5 Å². The summed E-state index contributed by atoms with van der Waals surface area (Å²) in [4.78, 5) is 24.2. The molecule has 0 aliphatic rings. The van der Waals surface area contributed by atoms with Crippen molar-refractivity contribution in [2.24, 2.45) is 5.92 Å². The van der Waals surface area contributed by atoms with E-state index in [0.29, 0.717) is 11.3 Å². The average molecular weight is 436 g/mol. The Bertz CT molecular complexity index is 1140. The van der Waals surface area contributed by atoms with Crippen LogP contribution in [0.4, 0.5) is 10.5 Å². The second kappa shape index (κ2) is 10.3. The summed E-state index contributed by atoms with van der Waals surface area (Å²) in [5.74, 6) is -1.03. The predicted octanol–water partition coefficient (Wildman–Crippen LogP) is 4.54. The number of ether oxygens (including phenoxy) is 2. The fraction of sp³-hybridized carbons (Fsp3) is 0.167. The van der Waals surface area contributed by atoms with Crippen LogP contribution in [0.1, 0.15) is 18.6 Å². The van der Waals surface area contributed by atoms with Crippen LogP contribution in [0.3, 0.4) is 0 Å². The molecule has 4 N–H and O–H groups in total. The van der Waals surface area contributed by atoms with E-state index in [2.05, 4.69) is 5.32 Å². The summed E-state index contributed by atoms with van der Waals surface area (Å²) in [6.45, 7) is 1.73. The Morgan fingerprint density at radius 3 is 2.53 bits per heavy atom. The van der Waals surface area contributed by atoms with Gasteiger partial charge in [-0.25, -0.2) is 10.3 Å². The smallest absolute Gasteiger partial charge is 0.412 e. The number of aromatic hydroxyl groups is 1. The quantitative estimate of drug-likeness (QED) is 0.245. The van der Waals surface area contributed by atoms with Gasteiger partial charge in [0.05, 0.1) is 12.8 Å². The molecule has 0 aromatic heterocycles. The standard InChI is InChI=1S/C24H24N2O6/c1-15(10-13-22(28)26-30)23(17-11-12-21(31-2)20(27)14-17)32-24(29)25-19-9-5-7-16-6-3-4-8-18(16)19/h3-15,23,27,30H,1-2H3,(H,25,29)(H,26,28)/b13-10+/t15-,23+/m1/s1. The van der Waals surface area contributed by atoms with Crippen LogP contribution < -0.4 is 15.5 Å². The number of anilines is 1. The number of phenols is 1. The third-order valence-corrected chi connectivity index (χ3v) is 4.93. The molecular weight excluding hydrogens is 412 g/mol. The Morgan fingerprint density at radius 2 is 1.81 bits per heavy atom. The van der Waals surface area contributed by atoms with Crippen molar-refractivity contribution in [1.82, 2.24) is 5.48 Å². The van der Waals surface area contributed by atoms with Gasteiger partial charge in [0.15, 0.2) is 11.5 Å². The van der Waals surface area contributed by atoms with E-state index in [1.807, 2.05) is 36.4 Å². The summed E-state index contributed by atoms with van der Waals surface area (Å²) in [6.07, 6.45) is 1.08. The zero-order valence-electron chi connectivity index (χ0n) is 17.6. The van der Waals surface area contributed by atoms with Gasteiger partial charge in [0.2, 0.25) is 0 Å². The fourth-order valence-electron chi connectivity index (χ4n) is 3.33. The lowest BCUT2D eigenvalue weighted by Gasteiger charge is -2.23. The van der Waals surface area contributed by atoms with Crippen LogP contribution in [-0.2, 0) is 9.53 Å². The predicted molar refractivity (Wildman–Crippen MR) is 120 cm³/mol. The second-order valence-electron chi connectivity index (χ2n) is 7.10. The highest BCUT2D eigenvalue weighted by atomic mass is 16.6. The van der Waals surface area contributed by atoms with Gasteiger partial charge in [0.1, 0.15) is 6.10 Å². The highest BCUT2D eigenvalue weighted by Crippen LogP contribution is 2.34. The molecule has 0 fully saturated rings. The number of hydrogen-bond acceptors (Lipinski definition) is 6. The van der Waals surface area contributed by atoms with Crippen molar-refractivity contribution in [2.75, 3.05) is 12.4 Å². The molecule has 0 saturated heterocycles. The Labute approximate surface area is 185 Å². The van der Waals surface area contributed by atoms with Gasteiger partial charge in [-0.05, 0) is 29.1 Å². The van der Waals surface area contributed by atoms with Gasteiger partial charge in [0, 0.05) is 17.4 Å². The maximum atomic E-state index is 12.8. The van der Waals surface area contributed by atoms with Crippen molar-refractivity contribution < 1.29 is 29.4 Å². The number of carbonyl (C=O) groups is 2. The number of carbonyl (C=O) groups excluding carboxylic acids is 2. The molecule has 0 saturated carbocycles. The topological polar surface area (TPSA) is 117 Å². The highest BCUT2D eigenvalue weighted by Gasteiger charge is 2.24. The molecule has 0 radical (unpaired) electrons. The van der Waals surface area contributed by atoms with Gasteiger partial charge in [-0.15, -0.1) is 0 Å². The molecule has 0 heterocycles. The number of benzene rings is 3. The molecule has 0 aliphatic carbocycles. The van der Waals surface area contributed by atoms with E-state index in [-0.39, 0.29) is 11.5 Å². The molecule has 0 unspecified atom stereocenters. The molecule has 3 aromatic rings. The summed E-state index contributed by atoms with van der Waals surface area (Å²) < 4.78 is 10.8. The minimum Gasteiger partial charge on any atom is -0.504 e. The van der Waals surface area contributed by atoms with Crippen molar-refractivity contribution in [3.05, 3.63) is 78.4 Å². The molecule has 2 atom stereocenters. The molecule has 0 aliphatic heterocycles.